The highest BCUT2D eigenvalue weighted by molar-refractivity contribution is 7.89. The van der Waals surface area contributed by atoms with Crippen LogP contribution in [-0.2, 0) is 14.8 Å². The van der Waals surface area contributed by atoms with Gasteiger partial charge >= 0.3 is 11.7 Å². The molecule has 120 valence electrons. The molecule has 3 N–H and O–H groups in total. The molecule has 0 radical (unpaired) electrons. The Balaban J connectivity index is 2.30. The average molecular weight is 328 g/mol. The first kappa shape index (κ1) is 16.2. The quantitative estimate of drug-likeness (QED) is 0.696. The number of hydrogen-bond donors (Lipinski definition) is 3. The van der Waals surface area contributed by atoms with Gasteiger partial charge in [0.2, 0.25) is 10.0 Å². The van der Waals surface area contributed by atoms with Gasteiger partial charge in [0.1, 0.15) is 6.04 Å². The highest BCUT2D eigenvalue weighted by Crippen LogP contribution is 2.17. The lowest BCUT2D eigenvalue weighted by Gasteiger charge is -2.14. The summed E-state index contributed by atoms with van der Waals surface area (Å²) in [5, 5.41) is 9.09. The molecule has 1 heterocycles. The predicted molar refractivity (Wildman–Crippen MR) is 78.1 cm³/mol. The standard InChI is InChI=1S/C13H16N2O6S/c1-2-3-4-10(12(16)17)15-22(19,20)8-5-6-9-11(7-8)21-13(18)14-9/h5-7,10,15H,2-4H2,1H3,(H,14,18)(H,16,17)/t10-/m0/s1. The molecule has 0 aliphatic carbocycles. The second kappa shape index (κ2) is 6.32. The van der Waals surface area contributed by atoms with E-state index in [2.05, 4.69) is 9.71 Å². The van der Waals surface area contributed by atoms with Gasteiger partial charge in [0.05, 0.1) is 10.4 Å². The molecule has 0 aliphatic rings. The van der Waals surface area contributed by atoms with Gasteiger partial charge in [-0.3, -0.25) is 9.78 Å². The first-order valence-electron chi connectivity index (χ1n) is 6.71. The van der Waals surface area contributed by atoms with Crippen LogP contribution >= 0.6 is 0 Å². The second-order valence-corrected chi connectivity index (χ2v) is 6.54. The SMILES string of the molecule is CCCC[C@H](NS(=O)(=O)c1ccc2[nH]c(=O)oc2c1)C(=O)O. The van der Waals surface area contributed by atoms with E-state index in [4.69, 9.17) is 9.52 Å². The molecular weight excluding hydrogens is 312 g/mol. The van der Waals surface area contributed by atoms with Gasteiger partial charge in [0.15, 0.2) is 5.58 Å². The fourth-order valence-corrected chi connectivity index (χ4v) is 3.23. The smallest absolute Gasteiger partial charge is 0.417 e. The number of sulfonamides is 1. The van der Waals surface area contributed by atoms with Crippen LogP contribution in [0.5, 0.6) is 0 Å². The number of carboxylic acid groups (broad SMARTS) is 1. The topological polar surface area (TPSA) is 129 Å². The minimum Gasteiger partial charge on any atom is -0.480 e. The molecule has 0 saturated carbocycles. The van der Waals surface area contributed by atoms with Gasteiger partial charge in [-0.1, -0.05) is 19.8 Å². The third-order valence-corrected chi connectivity index (χ3v) is 4.61. The van der Waals surface area contributed by atoms with Crippen molar-refractivity contribution in [3.8, 4) is 0 Å². The molecule has 0 bridgehead atoms. The fraction of sp³-hybridized carbons (Fsp3) is 0.385. The van der Waals surface area contributed by atoms with Crippen molar-refractivity contribution >= 4 is 27.1 Å². The Bertz CT molecular complexity index is 836. The van der Waals surface area contributed by atoms with E-state index in [0.29, 0.717) is 11.9 Å². The molecule has 0 fully saturated rings. The van der Waals surface area contributed by atoms with Crippen molar-refractivity contribution in [2.24, 2.45) is 0 Å². The minimum absolute atomic E-state index is 0.0910. The van der Waals surface area contributed by atoms with Gasteiger partial charge in [-0.2, -0.15) is 4.72 Å². The Morgan fingerprint density at radius 3 is 2.82 bits per heavy atom. The zero-order valence-electron chi connectivity index (χ0n) is 11.8. The largest absolute Gasteiger partial charge is 0.480 e. The first-order valence-corrected chi connectivity index (χ1v) is 8.20. The van der Waals surface area contributed by atoms with Crippen LogP contribution in [0.4, 0.5) is 0 Å². The van der Waals surface area contributed by atoms with Gasteiger partial charge in [-0.25, -0.2) is 13.2 Å². The summed E-state index contributed by atoms with van der Waals surface area (Å²) < 4.78 is 31.5. The van der Waals surface area contributed by atoms with E-state index in [1.54, 1.807) is 0 Å². The number of fused-ring (bicyclic) bond motifs is 1. The van der Waals surface area contributed by atoms with Crippen LogP contribution in [0.2, 0.25) is 0 Å². The molecule has 1 aromatic carbocycles. The van der Waals surface area contributed by atoms with Crippen LogP contribution in [0, 0.1) is 0 Å². The van der Waals surface area contributed by atoms with Gasteiger partial charge in [-0.05, 0) is 18.6 Å². The molecule has 0 saturated heterocycles. The summed E-state index contributed by atoms with van der Waals surface area (Å²) in [7, 11) is -4.02. The maximum Gasteiger partial charge on any atom is 0.417 e. The van der Waals surface area contributed by atoms with E-state index >= 15 is 0 Å². The Kier molecular flexibility index (Phi) is 4.67. The van der Waals surface area contributed by atoms with E-state index < -0.39 is 27.8 Å². The Morgan fingerprint density at radius 2 is 2.18 bits per heavy atom. The average Bonchev–Trinajstić information content (AvgIpc) is 2.82. The van der Waals surface area contributed by atoms with E-state index in [0.717, 1.165) is 6.42 Å². The number of aliphatic carboxylic acids is 1. The van der Waals surface area contributed by atoms with Crippen molar-refractivity contribution in [1.29, 1.82) is 0 Å². The van der Waals surface area contributed by atoms with Crippen LogP contribution in [0.1, 0.15) is 26.2 Å². The van der Waals surface area contributed by atoms with Crippen molar-refractivity contribution in [2.45, 2.75) is 37.1 Å². The van der Waals surface area contributed by atoms with Crippen LogP contribution in [0.15, 0.2) is 32.3 Å². The number of nitrogens with one attached hydrogen (secondary N) is 2. The number of aromatic amines is 1. The van der Waals surface area contributed by atoms with Gasteiger partial charge < -0.3 is 9.52 Å². The lowest BCUT2D eigenvalue weighted by Crippen LogP contribution is -2.40. The van der Waals surface area contributed by atoms with Crippen molar-refractivity contribution < 1.29 is 22.7 Å². The summed E-state index contributed by atoms with van der Waals surface area (Å²) >= 11 is 0. The van der Waals surface area contributed by atoms with E-state index in [1.807, 2.05) is 6.92 Å². The number of unbranched alkanes of at least 4 members (excludes halogenated alkanes) is 1. The third kappa shape index (κ3) is 3.55. The zero-order chi connectivity index (χ0) is 16.3. The molecule has 1 atom stereocenters. The number of rotatable bonds is 7. The fourth-order valence-electron chi connectivity index (χ4n) is 1.99. The number of benzene rings is 1. The number of H-pyrrole nitrogens is 1. The van der Waals surface area contributed by atoms with Crippen LogP contribution in [-0.4, -0.2) is 30.5 Å². The number of carbonyl (C=O) groups is 1. The molecule has 8 nitrogen and oxygen atoms in total. The number of oxazole rings is 1. The molecule has 9 heteroatoms. The maximum atomic E-state index is 12.3. The van der Waals surface area contributed by atoms with E-state index in [1.165, 1.54) is 18.2 Å². The summed E-state index contributed by atoms with van der Waals surface area (Å²) in [6, 6.07) is 2.64. The molecular formula is C13H16N2O6S. The van der Waals surface area contributed by atoms with Gasteiger partial charge in [0, 0.05) is 6.07 Å². The summed E-state index contributed by atoms with van der Waals surface area (Å²) in [5.74, 6) is -1.92. The van der Waals surface area contributed by atoms with Crippen molar-refractivity contribution in [2.75, 3.05) is 0 Å². The monoisotopic (exact) mass is 328 g/mol. The van der Waals surface area contributed by atoms with E-state index in [-0.39, 0.29) is 16.9 Å². The highest BCUT2D eigenvalue weighted by Gasteiger charge is 2.25. The first-order chi connectivity index (χ1) is 10.3. The second-order valence-electron chi connectivity index (χ2n) is 4.83. The summed E-state index contributed by atoms with van der Waals surface area (Å²) in [6.45, 7) is 1.88. The molecule has 22 heavy (non-hydrogen) atoms. The van der Waals surface area contributed by atoms with Crippen molar-refractivity contribution in [3.63, 3.8) is 0 Å². The van der Waals surface area contributed by atoms with Gasteiger partial charge in [0.25, 0.3) is 0 Å². The van der Waals surface area contributed by atoms with Crippen LogP contribution in [0.25, 0.3) is 11.1 Å². The zero-order valence-corrected chi connectivity index (χ0v) is 12.6. The Labute approximate surface area is 126 Å². The normalized spacial score (nSPS) is 13.3. The maximum absolute atomic E-state index is 12.3. The lowest BCUT2D eigenvalue weighted by atomic mass is 10.1. The summed E-state index contributed by atoms with van der Waals surface area (Å²) in [4.78, 5) is 24.4. The van der Waals surface area contributed by atoms with Crippen LogP contribution in [0.3, 0.4) is 0 Å². The number of aromatic nitrogens is 1. The molecule has 0 unspecified atom stereocenters. The highest BCUT2D eigenvalue weighted by atomic mass is 32.2. The molecule has 2 rings (SSSR count). The molecule has 0 amide bonds. The Morgan fingerprint density at radius 1 is 1.45 bits per heavy atom. The van der Waals surface area contributed by atoms with Crippen LogP contribution < -0.4 is 10.5 Å². The van der Waals surface area contributed by atoms with Crippen molar-refractivity contribution in [1.82, 2.24) is 9.71 Å². The summed E-state index contributed by atoms with van der Waals surface area (Å²) in [5.41, 5.74) is 0.457. The predicted octanol–water partition coefficient (Wildman–Crippen LogP) is 1.04. The molecule has 0 spiro atoms. The van der Waals surface area contributed by atoms with Crippen molar-refractivity contribution in [3.05, 3.63) is 28.7 Å². The number of carboxylic acids is 1. The minimum atomic E-state index is -4.02. The Hall–Kier alpha value is -2.13. The lowest BCUT2D eigenvalue weighted by molar-refractivity contribution is -0.139. The molecule has 2 aromatic rings. The number of hydrogen-bond acceptors (Lipinski definition) is 5. The van der Waals surface area contributed by atoms with Gasteiger partial charge in [-0.15, -0.1) is 0 Å². The third-order valence-electron chi connectivity index (χ3n) is 3.14. The summed E-state index contributed by atoms with van der Waals surface area (Å²) in [6.07, 6.45) is 1.55. The van der Waals surface area contributed by atoms with E-state index in [9.17, 15) is 18.0 Å². The molecule has 0 aliphatic heterocycles. The molecule has 1 aromatic heterocycles.